The summed E-state index contributed by atoms with van der Waals surface area (Å²) < 4.78 is 0. The molecule has 2 nitrogen and oxygen atoms in total. The molecule has 0 aromatic rings. The van der Waals surface area contributed by atoms with E-state index in [0.717, 1.165) is 6.42 Å². The highest BCUT2D eigenvalue weighted by Crippen LogP contribution is 2.60. The van der Waals surface area contributed by atoms with Crippen LogP contribution in [-0.4, -0.2) is 11.1 Å². The van der Waals surface area contributed by atoms with Crippen molar-refractivity contribution in [2.75, 3.05) is 0 Å². The fourth-order valence-corrected chi connectivity index (χ4v) is 3.34. The van der Waals surface area contributed by atoms with Crippen molar-refractivity contribution in [2.24, 2.45) is 17.3 Å². The molecule has 2 bridgehead atoms. The molecule has 0 spiro atoms. The first-order valence-corrected chi connectivity index (χ1v) is 5.45. The van der Waals surface area contributed by atoms with Crippen molar-refractivity contribution in [1.82, 2.24) is 0 Å². The van der Waals surface area contributed by atoms with Crippen LogP contribution in [0.5, 0.6) is 0 Å². The van der Waals surface area contributed by atoms with E-state index < -0.39 is 5.97 Å². The summed E-state index contributed by atoms with van der Waals surface area (Å²) in [6.45, 7) is 6.39. The van der Waals surface area contributed by atoms with E-state index in [1.54, 1.807) is 0 Å². The van der Waals surface area contributed by atoms with Gasteiger partial charge in [0.1, 0.15) is 0 Å². The molecule has 2 aliphatic rings. The maximum absolute atomic E-state index is 10.6. The molecule has 2 aliphatic carbocycles. The Morgan fingerprint density at radius 3 is 2.86 bits per heavy atom. The lowest BCUT2D eigenvalue weighted by Gasteiger charge is -2.35. The molecule has 14 heavy (non-hydrogen) atoms. The third-order valence-corrected chi connectivity index (χ3v) is 4.42. The molecule has 78 valence electrons. The van der Waals surface area contributed by atoms with Crippen LogP contribution in [0.2, 0.25) is 0 Å². The number of hydrogen-bond donors (Lipinski definition) is 1. The van der Waals surface area contributed by atoms with Gasteiger partial charge in [0.2, 0.25) is 0 Å². The van der Waals surface area contributed by atoms with E-state index in [0.29, 0.717) is 18.3 Å². The number of hydrogen-bond acceptors (Lipinski definition) is 1. The zero-order chi connectivity index (χ0) is 10.3. The van der Waals surface area contributed by atoms with Gasteiger partial charge in [-0.25, -0.2) is 0 Å². The molecule has 0 aliphatic heterocycles. The van der Waals surface area contributed by atoms with Gasteiger partial charge in [-0.05, 0) is 42.9 Å². The predicted molar refractivity (Wildman–Crippen MR) is 54.9 cm³/mol. The van der Waals surface area contributed by atoms with Crippen LogP contribution in [0.25, 0.3) is 0 Å². The van der Waals surface area contributed by atoms with Gasteiger partial charge in [0.25, 0.3) is 0 Å². The standard InChI is InChI=1S/C12H18O2/c1-8-9-3-4-10(7-9)12(8,2)6-5-11(13)14/h9-10H,1,3-7H2,2H3,(H,13,14). The van der Waals surface area contributed by atoms with Crippen molar-refractivity contribution < 1.29 is 9.90 Å². The number of carbonyl (C=O) groups is 1. The van der Waals surface area contributed by atoms with Crippen LogP contribution in [0.4, 0.5) is 0 Å². The molecule has 3 atom stereocenters. The van der Waals surface area contributed by atoms with E-state index in [2.05, 4.69) is 13.5 Å². The second-order valence-electron chi connectivity index (χ2n) is 5.04. The third kappa shape index (κ3) is 1.28. The lowest BCUT2D eigenvalue weighted by Crippen LogP contribution is -2.27. The Kier molecular flexibility index (Phi) is 2.17. The van der Waals surface area contributed by atoms with E-state index in [4.69, 9.17) is 5.11 Å². The van der Waals surface area contributed by atoms with Gasteiger partial charge in [-0.3, -0.25) is 4.79 Å². The molecule has 3 unspecified atom stereocenters. The van der Waals surface area contributed by atoms with Gasteiger partial charge in [-0.1, -0.05) is 19.1 Å². The first-order valence-electron chi connectivity index (χ1n) is 5.45. The van der Waals surface area contributed by atoms with Gasteiger partial charge in [0.05, 0.1) is 0 Å². The Labute approximate surface area is 85.0 Å². The minimum Gasteiger partial charge on any atom is -0.481 e. The molecule has 2 fully saturated rings. The Hall–Kier alpha value is -0.790. The number of fused-ring (bicyclic) bond motifs is 2. The summed E-state index contributed by atoms with van der Waals surface area (Å²) in [5.41, 5.74) is 1.46. The SMILES string of the molecule is C=C1C2CCC(C2)C1(C)CCC(=O)O. The van der Waals surface area contributed by atoms with Gasteiger partial charge in [-0.15, -0.1) is 0 Å². The maximum atomic E-state index is 10.6. The zero-order valence-corrected chi connectivity index (χ0v) is 8.75. The highest BCUT2D eigenvalue weighted by atomic mass is 16.4. The minimum atomic E-state index is -0.679. The lowest BCUT2D eigenvalue weighted by molar-refractivity contribution is -0.137. The van der Waals surface area contributed by atoms with Crippen LogP contribution >= 0.6 is 0 Å². The van der Waals surface area contributed by atoms with Crippen molar-refractivity contribution in [3.63, 3.8) is 0 Å². The highest BCUT2D eigenvalue weighted by Gasteiger charge is 2.50. The first-order chi connectivity index (χ1) is 6.54. The van der Waals surface area contributed by atoms with Crippen molar-refractivity contribution >= 4 is 5.97 Å². The zero-order valence-electron chi connectivity index (χ0n) is 8.75. The lowest BCUT2D eigenvalue weighted by atomic mass is 9.69. The van der Waals surface area contributed by atoms with Crippen LogP contribution in [-0.2, 0) is 4.79 Å². The van der Waals surface area contributed by atoms with E-state index in [1.165, 1.54) is 24.8 Å². The second kappa shape index (κ2) is 3.11. The summed E-state index contributed by atoms with van der Waals surface area (Å²) in [4.78, 5) is 10.6. The average molecular weight is 194 g/mol. The van der Waals surface area contributed by atoms with Gasteiger partial charge in [0, 0.05) is 6.42 Å². The Balaban J connectivity index is 2.08. The summed E-state index contributed by atoms with van der Waals surface area (Å²) in [5.74, 6) is 0.722. The van der Waals surface area contributed by atoms with Crippen molar-refractivity contribution in [3.8, 4) is 0 Å². The average Bonchev–Trinajstić information content (AvgIpc) is 2.68. The number of rotatable bonds is 3. The monoisotopic (exact) mass is 194 g/mol. The van der Waals surface area contributed by atoms with Gasteiger partial charge < -0.3 is 5.11 Å². The molecule has 0 heterocycles. The van der Waals surface area contributed by atoms with Crippen LogP contribution < -0.4 is 0 Å². The van der Waals surface area contributed by atoms with Gasteiger partial charge >= 0.3 is 5.97 Å². The largest absolute Gasteiger partial charge is 0.481 e. The molecule has 0 aromatic heterocycles. The molecular formula is C12H18O2. The highest BCUT2D eigenvalue weighted by molar-refractivity contribution is 5.66. The quantitative estimate of drug-likeness (QED) is 0.701. The molecule has 2 saturated carbocycles. The fraction of sp³-hybridized carbons (Fsp3) is 0.750. The summed E-state index contributed by atoms with van der Waals surface area (Å²) in [7, 11) is 0. The van der Waals surface area contributed by atoms with Gasteiger partial charge in [0.15, 0.2) is 0 Å². The fourth-order valence-electron chi connectivity index (χ4n) is 3.34. The topological polar surface area (TPSA) is 37.3 Å². The molecular weight excluding hydrogens is 176 g/mol. The van der Waals surface area contributed by atoms with Crippen LogP contribution in [0, 0.1) is 17.3 Å². The Morgan fingerprint density at radius 2 is 2.36 bits per heavy atom. The molecule has 0 saturated heterocycles. The van der Waals surface area contributed by atoms with E-state index in [1.807, 2.05) is 0 Å². The molecule has 2 rings (SSSR count). The smallest absolute Gasteiger partial charge is 0.303 e. The van der Waals surface area contributed by atoms with E-state index in [9.17, 15) is 4.79 Å². The van der Waals surface area contributed by atoms with Crippen molar-refractivity contribution in [3.05, 3.63) is 12.2 Å². The second-order valence-corrected chi connectivity index (χ2v) is 5.04. The third-order valence-electron chi connectivity index (χ3n) is 4.42. The number of carboxylic acids is 1. The number of aliphatic carboxylic acids is 1. The Morgan fingerprint density at radius 1 is 1.64 bits per heavy atom. The molecule has 0 aromatic carbocycles. The van der Waals surface area contributed by atoms with E-state index in [-0.39, 0.29) is 5.41 Å². The van der Waals surface area contributed by atoms with Crippen LogP contribution in [0.15, 0.2) is 12.2 Å². The summed E-state index contributed by atoms with van der Waals surface area (Å²) in [6.07, 6.45) is 4.89. The number of allylic oxidation sites excluding steroid dienone is 1. The van der Waals surface area contributed by atoms with Crippen LogP contribution in [0.3, 0.4) is 0 Å². The number of carboxylic acid groups (broad SMARTS) is 1. The molecule has 0 amide bonds. The summed E-state index contributed by atoms with van der Waals surface area (Å²) in [6, 6.07) is 0. The Bertz CT molecular complexity index is 282. The van der Waals surface area contributed by atoms with E-state index >= 15 is 0 Å². The maximum Gasteiger partial charge on any atom is 0.303 e. The van der Waals surface area contributed by atoms with Crippen molar-refractivity contribution in [1.29, 1.82) is 0 Å². The molecule has 0 radical (unpaired) electrons. The van der Waals surface area contributed by atoms with Gasteiger partial charge in [-0.2, -0.15) is 0 Å². The van der Waals surface area contributed by atoms with Crippen LogP contribution in [0.1, 0.15) is 39.0 Å². The summed E-state index contributed by atoms with van der Waals surface area (Å²) >= 11 is 0. The minimum absolute atomic E-state index is 0.126. The normalized spacial score (nSPS) is 40.5. The first kappa shape index (κ1) is 9.75. The summed E-state index contributed by atoms with van der Waals surface area (Å²) in [5, 5.41) is 8.72. The predicted octanol–water partition coefficient (Wildman–Crippen LogP) is 2.84. The molecule has 1 N–H and O–H groups in total. The van der Waals surface area contributed by atoms with Crippen molar-refractivity contribution in [2.45, 2.75) is 39.0 Å². The molecule has 2 heteroatoms.